The number of anilines is 1. The first-order valence-corrected chi connectivity index (χ1v) is 10.3. The Morgan fingerprint density at radius 2 is 2.07 bits per heavy atom. The van der Waals surface area contributed by atoms with Crippen LogP contribution >= 0.6 is 0 Å². The van der Waals surface area contributed by atoms with Gasteiger partial charge in [-0.2, -0.15) is 10.1 Å². The standard InChI is InChI=1S/C19H29F2N5O/c20-18(21)16-10-15(24-19-22-12-23-26(16)19)14-6-3-9-25(11-14)17(27)8-7-13-4-1-2-5-13/h12-16,18H,1-11H2,(H,22,23,24)/t14-,15-,16+/m0/s1. The maximum atomic E-state index is 13.5. The number of nitrogens with zero attached hydrogens (tertiary/aromatic N) is 4. The fourth-order valence-electron chi connectivity index (χ4n) is 5.05. The van der Waals surface area contributed by atoms with Crippen molar-refractivity contribution in [3.05, 3.63) is 6.33 Å². The van der Waals surface area contributed by atoms with E-state index in [4.69, 9.17) is 0 Å². The van der Waals surface area contributed by atoms with Gasteiger partial charge in [0, 0.05) is 25.6 Å². The molecule has 0 radical (unpaired) electrons. The average Bonchev–Trinajstić information content (AvgIpc) is 3.36. The predicted molar refractivity (Wildman–Crippen MR) is 97.6 cm³/mol. The summed E-state index contributed by atoms with van der Waals surface area (Å²) >= 11 is 0. The lowest BCUT2D eigenvalue weighted by Gasteiger charge is -2.40. The second-order valence-electron chi connectivity index (χ2n) is 8.35. The molecule has 0 spiro atoms. The molecule has 8 heteroatoms. The highest BCUT2D eigenvalue weighted by molar-refractivity contribution is 5.76. The van der Waals surface area contributed by atoms with Crippen molar-refractivity contribution in [3.8, 4) is 0 Å². The topological polar surface area (TPSA) is 63.1 Å². The van der Waals surface area contributed by atoms with Crippen LogP contribution in [-0.4, -0.2) is 51.1 Å². The molecule has 1 aromatic heterocycles. The van der Waals surface area contributed by atoms with Crippen LogP contribution in [0.2, 0.25) is 0 Å². The third-order valence-electron chi connectivity index (χ3n) is 6.61. The number of hydrogen-bond acceptors (Lipinski definition) is 4. The minimum Gasteiger partial charge on any atom is -0.351 e. The molecule has 2 fully saturated rings. The summed E-state index contributed by atoms with van der Waals surface area (Å²) in [5.74, 6) is 1.55. The first-order valence-electron chi connectivity index (χ1n) is 10.3. The van der Waals surface area contributed by atoms with E-state index in [1.165, 1.54) is 36.7 Å². The molecule has 2 aliphatic heterocycles. The summed E-state index contributed by atoms with van der Waals surface area (Å²) in [6.45, 7) is 1.45. The van der Waals surface area contributed by atoms with Crippen LogP contribution < -0.4 is 5.32 Å². The molecule has 1 aliphatic carbocycles. The van der Waals surface area contributed by atoms with E-state index in [1.54, 1.807) is 0 Å². The first kappa shape index (κ1) is 18.6. The monoisotopic (exact) mass is 381 g/mol. The highest BCUT2D eigenvalue weighted by atomic mass is 19.3. The minimum absolute atomic E-state index is 0.0915. The summed E-state index contributed by atoms with van der Waals surface area (Å²) in [4.78, 5) is 18.7. The van der Waals surface area contributed by atoms with E-state index in [2.05, 4.69) is 15.4 Å². The number of hydrogen-bond donors (Lipinski definition) is 1. The summed E-state index contributed by atoms with van der Waals surface area (Å²) in [6, 6.07) is -1.03. The van der Waals surface area contributed by atoms with Crippen LogP contribution in [0.3, 0.4) is 0 Å². The Morgan fingerprint density at radius 1 is 1.26 bits per heavy atom. The van der Waals surface area contributed by atoms with Crippen molar-refractivity contribution >= 4 is 11.9 Å². The summed E-state index contributed by atoms with van der Waals surface area (Å²) < 4.78 is 28.3. The maximum absolute atomic E-state index is 13.5. The molecule has 6 nitrogen and oxygen atoms in total. The van der Waals surface area contributed by atoms with Crippen LogP contribution in [0.4, 0.5) is 14.7 Å². The number of fused-ring (bicyclic) bond motifs is 1. The van der Waals surface area contributed by atoms with E-state index in [1.807, 2.05) is 4.90 Å². The summed E-state index contributed by atoms with van der Waals surface area (Å²) in [5.41, 5.74) is 0. The van der Waals surface area contributed by atoms with Crippen LogP contribution in [0.25, 0.3) is 0 Å². The number of likely N-dealkylation sites (tertiary alicyclic amines) is 1. The molecule has 1 amide bonds. The van der Waals surface area contributed by atoms with Gasteiger partial charge in [-0.15, -0.1) is 0 Å². The lowest BCUT2D eigenvalue weighted by Crippen LogP contribution is -2.48. The van der Waals surface area contributed by atoms with Crippen LogP contribution in [0, 0.1) is 11.8 Å². The molecular weight excluding hydrogens is 352 g/mol. The highest BCUT2D eigenvalue weighted by Crippen LogP contribution is 2.35. The van der Waals surface area contributed by atoms with E-state index >= 15 is 0 Å². The molecule has 0 unspecified atom stereocenters. The molecule has 0 aromatic carbocycles. The zero-order valence-electron chi connectivity index (χ0n) is 15.7. The Morgan fingerprint density at radius 3 is 2.85 bits per heavy atom. The van der Waals surface area contributed by atoms with Crippen molar-refractivity contribution in [2.45, 2.75) is 76.3 Å². The Bertz CT molecular complexity index is 646. The first-order chi connectivity index (χ1) is 13.1. The van der Waals surface area contributed by atoms with Crippen LogP contribution in [0.15, 0.2) is 6.33 Å². The number of nitrogens with one attached hydrogen (secondary N) is 1. The largest absolute Gasteiger partial charge is 0.351 e. The molecule has 4 rings (SSSR count). The molecule has 1 saturated carbocycles. The third-order valence-corrected chi connectivity index (χ3v) is 6.61. The van der Waals surface area contributed by atoms with Gasteiger partial charge in [-0.25, -0.2) is 13.5 Å². The smallest absolute Gasteiger partial charge is 0.260 e. The number of carbonyl (C=O) groups excluding carboxylic acids is 1. The van der Waals surface area contributed by atoms with Gasteiger partial charge < -0.3 is 10.2 Å². The number of carbonyl (C=O) groups is 1. The van der Waals surface area contributed by atoms with E-state index in [9.17, 15) is 13.6 Å². The molecule has 3 aliphatic rings. The molecule has 150 valence electrons. The van der Waals surface area contributed by atoms with Gasteiger partial charge in [0.15, 0.2) is 0 Å². The Hall–Kier alpha value is -1.73. The number of alkyl halides is 2. The van der Waals surface area contributed by atoms with E-state index in [0.717, 1.165) is 25.8 Å². The number of halogens is 2. The van der Waals surface area contributed by atoms with E-state index in [-0.39, 0.29) is 17.9 Å². The van der Waals surface area contributed by atoms with Gasteiger partial charge in [0.1, 0.15) is 12.4 Å². The molecule has 3 atom stereocenters. The number of piperidine rings is 1. The predicted octanol–water partition coefficient (Wildman–Crippen LogP) is 3.48. The molecule has 27 heavy (non-hydrogen) atoms. The molecule has 1 saturated heterocycles. The van der Waals surface area contributed by atoms with Gasteiger partial charge in [-0.05, 0) is 37.5 Å². The molecule has 1 aromatic rings. The average molecular weight is 381 g/mol. The second-order valence-corrected chi connectivity index (χ2v) is 8.35. The molecule has 0 bridgehead atoms. The van der Waals surface area contributed by atoms with Crippen molar-refractivity contribution in [3.63, 3.8) is 0 Å². The van der Waals surface area contributed by atoms with Gasteiger partial charge in [-0.1, -0.05) is 25.7 Å². The maximum Gasteiger partial charge on any atom is 0.260 e. The second kappa shape index (κ2) is 8.10. The van der Waals surface area contributed by atoms with Crippen molar-refractivity contribution in [1.82, 2.24) is 19.7 Å². The third kappa shape index (κ3) is 4.09. The van der Waals surface area contributed by atoms with Gasteiger partial charge in [0.05, 0.1) is 0 Å². The van der Waals surface area contributed by atoms with E-state index < -0.39 is 12.5 Å². The lowest BCUT2D eigenvalue weighted by molar-refractivity contribution is -0.133. The quantitative estimate of drug-likeness (QED) is 0.848. The Labute approximate surface area is 158 Å². The zero-order valence-corrected chi connectivity index (χ0v) is 15.7. The summed E-state index contributed by atoms with van der Waals surface area (Å²) in [7, 11) is 0. The Balaban J connectivity index is 1.36. The van der Waals surface area contributed by atoms with Crippen molar-refractivity contribution in [2.75, 3.05) is 18.4 Å². The highest BCUT2D eigenvalue weighted by Gasteiger charge is 2.39. The van der Waals surface area contributed by atoms with Crippen LogP contribution in [0.5, 0.6) is 0 Å². The molecule has 1 N–H and O–H groups in total. The summed E-state index contributed by atoms with van der Waals surface area (Å²) in [6.07, 6.45) is 7.81. The number of aromatic nitrogens is 3. The van der Waals surface area contributed by atoms with Crippen LogP contribution in [0.1, 0.15) is 63.8 Å². The fourth-order valence-corrected chi connectivity index (χ4v) is 5.05. The Kier molecular flexibility index (Phi) is 5.59. The normalized spacial score (nSPS) is 29.0. The van der Waals surface area contributed by atoms with Crippen molar-refractivity contribution in [1.29, 1.82) is 0 Å². The number of amides is 1. The van der Waals surface area contributed by atoms with Crippen molar-refractivity contribution in [2.24, 2.45) is 11.8 Å². The molecule has 3 heterocycles. The van der Waals surface area contributed by atoms with E-state index in [0.29, 0.717) is 31.3 Å². The minimum atomic E-state index is -2.47. The lowest BCUT2D eigenvalue weighted by atomic mass is 9.86. The van der Waals surface area contributed by atoms with Crippen LogP contribution in [-0.2, 0) is 4.79 Å². The van der Waals surface area contributed by atoms with Crippen molar-refractivity contribution < 1.29 is 13.6 Å². The van der Waals surface area contributed by atoms with Gasteiger partial charge in [0.2, 0.25) is 11.9 Å². The molecular formula is C19H29F2N5O. The van der Waals surface area contributed by atoms with Gasteiger partial charge in [-0.3, -0.25) is 4.79 Å². The SMILES string of the molecule is O=C(CCC1CCCC1)N1CCC[C@H]([C@@H]2C[C@H](C(F)F)n3ncnc3N2)C1. The zero-order chi connectivity index (χ0) is 18.8. The number of rotatable bonds is 5. The van der Waals surface area contributed by atoms with Gasteiger partial charge >= 0.3 is 0 Å². The summed E-state index contributed by atoms with van der Waals surface area (Å²) in [5, 5.41) is 7.23. The van der Waals surface area contributed by atoms with Gasteiger partial charge in [0.25, 0.3) is 6.43 Å². The fraction of sp³-hybridized carbons (Fsp3) is 0.842.